The molecule has 5 nitrogen and oxygen atoms in total. The van der Waals surface area contributed by atoms with Gasteiger partial charge in [0.15, 0.2) is 0 Å². The van der Waals surface area contributed by atoms with Crippen LogP contribution in [0.25, 0.3) is 0 Å². The number of rotatable bonds is 6. The Hall–Kier alpha value is -2.04. The summed E-state index contributed by atoms with van der Waals surface area (Å²) in [6.07, 6.45) is 0. The molecular formula is C16H24N2O3. The molecule has 0 heterocycles. The summed E-state index contributed by atoms with van der Waals surface area (Å²) in [6.45, 7) is 6.45. The third-order valence-corrected chi connectivity index (χ3v) is 3.38. The summed E-state index contributed by atoms with van der Waals surface area (Å²) >= 11 is 0. The van der Waals surface area contributed by atoms with Crippen LogP contribution in [0.5, 0.6) is 0 Å². The average Bonchev–Trinajstić information content (AvgIpc) is 2.44. The van der Waals surface area contributed by atoms with Gasteiger partial charge < -0.3 is 15.3 Å². The summed E-state index contributed by atoms with van der Waals surface area (Å²) in [4.78, 5) is 24.1. The number of carbonyl (C=O) groups is 2. The van der Waals surface area contributed by atoms with E-state index in [1.807, 2.05) is 12.1 Å². The molecule has 0 saturated carbocycles. The largest absolute Gasteiger partial charge is 0.481 e. The summed E-state index contributed by atoms with van der Waals surface area (Å²) in [5.74, 6) is -1.04. The molecule has 116 valence electrons. The first-order valence-electron chi connectivity index (χ1n) is 7.12. The number of carboxylic acid groups (broad SMARTS) is 1. The molecule has 0 aromatic heterocycles. The van der Waals surface area contributed by atoms with Crippen LogP contribution in [0.2, 0.25) is 0 Å². The average molecular weight is 292 g/mol. The van der Waals surface area contributed by atoms with Crippen LogP contribution in [0.1, 0.15) is 37.8 Å². The van der Waals surface area contributed by atoms with Gasteiger partial charge in [0.2, 0.25) is 0 Å². The van der Waals surface area contributed by atoms with E-state index in [0.29, 0.717) is 12.5 Å². The summed E-state index contributed by atoms with van der Waals surface area (Å²) in [7, 11) is 1.60. The van der Waals surface area contributed by atoms with E-state index in [2.05, 4.69) is 31.3 Å². The molecule has 2 amide bonds. The maximum atomic E-state index is 11.9. The zero-order chi connectivity index (χ0) is 16.0. The van der Waals surface area contributed by atoms with E-state index in [1.165, 1.54) is 10.5 Å². The first-order chi connectivity index (χ1) is 9.81. The molecule has 1 aromatic rings. The highest BCUT2D eigenvalue weighted by Gasteiger charge is 2.17. The monoisotopic (exact) mass is 292 g/mol. The minimum Gasteiger partial charge on any atom is -0.481 e. The van der Waals surface area contributed by atoms with Gasteiger partial charge in [-0.3, -0.25) is 4.79 Å². The number of hydrogen-bond acceptors (Lipinski definition) is 2. The van der Waals surface area contributed by atoms with Crippen LogP contribution in [0.15, 0.2) is 24.3 Å². The van der Waals surface area contributed by atoms with Crippen molar-refractivity contribution in [2.75, 3.05) is 13.6 Å². The van der Waals surface area contributed by atoms with E-state index in [4.69, 9.17) is 5.11 Å². The Morgan fingerprint density at radius 3 is 2.52 bits per heavy atom. The van der Waals surface area contributed by atoms with Crippen LogP contribution in [0.3, 0.4) is 0 Å². The van der Waals surface area contributed by atoms with Crippen LogP contribution in [0.4, 0.5) is 4.79 Å². The fraction of sp³-hybridized carbons (Fsp3) is 0.500. The van der Waals surface area contributed by atoms with E-state index in [1.54, 1.807) is 14.0 Å². The third-order valence-electron chi connectivity index (χ3n) is 3.38. The molecule has 21 heavy (non-hydrogen) atoms. The molecule has 0 spiro atoms. The molecule has 5 heteroatoms. The quantitative estimate of drug-likeness (QED) is 0.847. The first kappa shape index (κ1) is 17.0. The Morgan fingerprint density at radius 1 is 1.29 bits per heavy atom. The van der Waals surface area contributed by atoms with E-state index < -0.39 is 11.9 Å². The molecule has 1 unspecified atom stereocenters. The molecule has 1 atom stereocenters. The van der Waals surface area contributed by atoms with Crippen LogP contribution in [0, 0.1) is 5.92 Å². The maximum Gasteiger partial charge on any atom is 0.317 e. The van der Waals surface area contributed by atoms with Crippen LogP contribution >= 0.6 is 0 Å². The molecule has 0 radical (unpaired) electrons. The minimum atomic E-state index is -0.903. The summed E-state index contributed by atoms with van der Waals surface area (Å²) in [5.41, 5.74) is 2.27. The van der Waals surface area contributed by atoms with E-state index in [0.717, 1.165) is 5.56 Å². The van der Waals surface area contributed by atoms with Crippen molar-refractivity contribution in [3.8, 4) is 0 Å². The normalized spacial score (nSPS) is 12.0. The van der Waals surface area contributed by atoms with Crippen LogP contribution < -0.4 is 5.32 Å². The lowest BCUT2D eigenvalue weighted by Crippen LogP contribution is -2.40. The molecule has 0 bridgehead atoms. The van der Waals surface area contributed by atoms with Crippen molar-refractivity contribution in [2.24, 2.45) is 5.92 Å². The number of carboxylic acids is 1. The van der Waals surface area contributed by atoms with Crippen molar-refractivity contribution < 1.29 is 14.7 Å². The first-order valence-corrected chi connectivity index (χ1v) is 7.12. The summed E-state index contributed by atoms with van der Waals surface area (Å²) in [6, 6.07) is 7.82. The topological polar surface area (TPSA) is 69.6 Å². The Kier molecular flexibility index (Phi) is 6.21. The minimum absolute atomic E-state index is 0.188. The smallest absolute Gasteiger partial charge is 0.317 e. The molecule has 0 aliphatic carbocycles. The number of amides is 2. The van der Waals surface area contributed by atoms with Crippen LogP contribution in [-0.4, -0.2) is 35.6 Å². The van der Waals surface area contributed by atoms with E-state index in [9.17, 15) is 9.59 Å². The molecule has 1 rings (SSSR count). The van der Waals surface area contributed by atoms with Gasteiger partial charge in [0.05, 0.1) is 5.92 Å². The molecular weight excluding hydrogens is 268 g/mol. The number of benzene rings is 1. The second-order valence-corrected chi connectivity index (χ2v) is 5.68. The van der Waals surface area contributed by atoms with Gasteiger partial charge in [-0.15, -0.1) is 0 Å². The Bertz CT molecular complexity index is 500. The number of urea groups is 1. The second kappa shape index (κ2) is 7.67. The Labute approximate surface area is 126 Å². The van der Waals surface area contributed by atoms with Crippen molar-refractivity contribution in [2.45, 2.75) is 33.2 Å². The molecule has 0 saturated heterocycles. The van der Waals surface area contributed by atoms with Crippen molar-refractivity contribution in [1.82, 2.24) is 10.2 Å². The van der Waals surface area contributed by atoms with Gasteiger partial charge in [-0.05, 0) is 17.0 Å². The molecule has 2 N–H and O–H groups in total. The molecule has 0 aliphatic heterocycles. The van der Waals surface area contributed by atoms with Gasteiger partial charge in [-0.25, -0.2) is 4.79 Å². The number of nitrogens with zero attached hydrogens (tertiary/aromatic N) is 1. The molecule has 1 aromatic carbocycles. The number of hydrogen-bond donors (Lipinski definition) is 2. The van der Waals surface area contributed by atoms with Gasteiger partial charge in [0.1, 0.15) is 0 Å². The Morgan fingerprint density at radius 2 is 1.95 bits per heavy atom. The highest BCUT2D eigenvalue weighted by molar-refractivity contribution is 5.75. The Balaban J connectivity index is 2.52. The number of nitrogens with one attached hydrogen (secondary N) is 1. The standard InChI is InChI=1S/C16H24N2O3/c1-11(2)14-7-5-6-13(8-14)9-17-16(21)18(4)10-12(3)15(19)20/h5-8,11-12H,9-10H2,1-4H3,(H,17,21)(H,19,20). The predicted octanol–water partition coefficient (Wildman–Crippen LogP) is 2.67. The van der Waals surface area contributed by atoms with E-state index in [-0.39, 0.29) is 12.6 Å². The zero-order valence-corrected chi connectivity index (χ0v) is 13.1. The molecule has 0 aliphatic rings. The summed E-state index contributed by atoms with van der Waals surface area (Å²) < 4.78 is 0. The summed E-state index contributed by atoms with van der Waals surface area (Å²) in [5, 5.41) is 11.6. The van der Waals surface area contributed by atoms with Crippen molar-refractivity contribution in [3.05, 3.63) is 35.4 Å². The van der Waals surface area contributed by atoms with Crippen molar-refractivity contribution >= 4 is 12.0 Å². The lowest BCUT2D eigenvalue weighted by atomic mass is 10.0. The third kappa shape index (κ3) is 5.45. The number of carbonyl (C=O) groups excluding carboxylic acids is 1. The van der Waals surface area contributed by atoms with Gasteiger partial charge in [-0.2, -0.15) is 0 Å². The lowest BCUT2D eigenvalue weighted by Gasteiger charge is -2.20. The number of aliphatic carboxylic acids is 1. The van der Waals surface area contributed by atoms with Gasteiger partial charge in [0.25, 0.3) is 0 Å². The second-order valence-electron chi connectivity index (χ2n) is 5.68. The van der Waals surface area contributed by atoms with Gasteiger partial charge in [0, 0.05) is 20.1 Å². The highest BCUT2D eigenvalue weighted by atomic mass is 16.4. The van der Waals surface area contributed by atoms with Crippen molar-refractivity contribution in [3.63, 3.8) is 0 Å². The highest BCUT2D eigenvalue weighted by Crippen LogP contribution is 2.15. The lowest BCUT2D eigenvalue weighted by molar-refractivity contribution is -0.141. The van der Waals surface area contributed by atoms with E-state index >= 15 is 0 Å². The maximum absolute atomic E-state index is 11.9. The molecule has 0 fully saturated rings. The van der Waals surface area contributed by atoms with Crippen LogP contribution in [-0.2, 0) is 11.3 Å². The zero-order valence-electron chi connectivity index (χ0n) is 13.1. The fourth-order valence-corrected chi connectivity index (χ4v) is 1.95. The predicted molar refractivity (Wildman–Crippen MR) is 82.2 cm³/mol. The fourth-order valence-electron chi connectivity index (χ4n) is 1.95. The van der Waals surface area contributed by atoms with Gasteiger partial charge >= 0.3 is 12.0 Å². The van der Waals surface area contributed by atoms with Crippen molar-refractivity contribution in [1.29, 1.82) is 0 Å². The van der Waals surface area contributed by atoms with Gasteiger partial charge in [-0.1, -0.05) is 45.0 Å². The SMILES string of the molecule is CC(CN(C)C(=O)NCc1cccc(C(C)C)c1)C(=O)O.